The number of unbranched alkanes of at least 4 members (excludes halogenated alkanes) is 2. The SMILES string of the molecule is CC(O)CNCCCCCC(=O)O. The predicted octanol–water partition coefficient (Wildman–Crippen LogP) is 0.602. The van der Waals surface area contributed by atoms with Crippen LogP contribution in [0.1, 0.15) is 32.6 Å². The van der Waals surface area contributed by atoms with Crippen LogP contribution in [0.3, 0.4) is 0 Å². The van der Waals surface area contributed by atoms with Gasteiger partial charge < -0.3 is 15.5 Å². The second-order valence-corrected chi connectivity index (χ2v) is 3.26. The van der Waals surface area contributed by atoms with Crippen molar-refractivity contribution in [1.82, 2.24) is 5.32 Å². The summed E-state index contributed by atoms with van der Waals surface area (Å²) in [5, 5.41) is 20.3. The van der Waals surface area contributed by atoms with Gasteiger partial charge in [0.15, 0.2) is 0 Å². The zero-order chi connectivity index (χ0) is 10.1. The fourth-order valence-electron chi connectivity index (χ4n) is 1.01. The number of rotatable bonds is 8. The summed E-state index contributed by atoms with van der Waals surface area (Å²) in [6.07, 6.45) is 2.60. The van der Waals surface area contributed by atoms with Gasteiger partial charge in [0.05, 0.1) is 6.10 Å². The van der Waals surface area contributed by atoms with Gasteiger partial charge in [-0.1, -0.05) is 6.42 Å². The average molecular weight is 189 g/mol. The molecular formula is C9H19NO3. The first-order valence-corrected chi connectivity index (χ1v) is 4.73. The minimum Gasteiger partial charge on any atom is -0.481 e. The maximum absolute atomic E-state index is 10.1. The van der Waals surface area contributed by atoms with Crippen LogP contribution in [0.2, 0.25) is 0 Å². The van der Waals surface area contributed by atoms with E-state index >= 15 is 0 Å². The van der Waals surface area contributed by atoms with Crippen molar-refractivity contribution >= 4 is 5.97 Å². The van der Waals surface area contributed by atoms with Crippen LogP contribution in [-0.4, -0.2) is 35.4 Å². The van der Waals surface area contributed by atoms with E-state index in [0.29, 0.717) is 6.54 Å². The molecule has 1 unspecified atom stereocenters. The third-order valence-corrected chi connectivity index (χ3v) is 1.68. The summed E-state index contributed by atoms with van der Waals surface area (Å²) in [6, 6.07) is 0. The number of hydrogen-bond donors (Lipinski definition) is 3. The Bertz CT molecular complexity index is 137. The number of carboxylic acids is 1. The Morgan fingerprint density at radius 2 is 2.08 bits per heavy atom. The van der Waals surface area contributed by atoms with Crippen molar-refractivity contribution in [3.05, 3.63) is 0 Å². The number of carbonyl (C=O) groups is 1. The van der Waals surface area contributed by atoms with Crippen molar-refractivity contribution in [3.8, 4) is 0 Å². The lowest BCUT2D eigenvalue weighted by atomic mass is 10.2. The molecule has 0 aliphatic heterocycles. The largest absolute Gasteiger partial charge is 0.481 e. The molecule has 0 heterocycles. The minimum atomic E-state index is -0.725. The van der Waals surface area contributed by atoms with E-state index < -0.39 is 5.97 Å². The lowest BCUT2D eigenvalue weighted by molar-refractivity contribution is -0.137. The van der Waals surface area contributed by atoms with E-state index in [1.165, 1.54) is 0 Å². The van der Waals surface area contributed by atoms with Gasteiger partial charge in [-0.3, -0.25) is 4.79 Å². The molecule has 1 atom stereocenters. The highest BCUT2D eigenvalue weighted by molar-refractivity contribution is 5.66. The van der Waals surface area contributed by atoms with Crippen molar-refractivity contribution in [2.75, 3.05) is 13.1 Å². The Kier molecular flexibility index (Phi) is 7.63. The van der Waals surface area contributed by atoms with E-state index in [9.17, 15) is 4.79 Å². The van der Waals surface area contributed by atoms with E-state index in [4.69, 9.17) is 10.2 Å². The lowest BCUT2D eigenvalue weighted by Gasteiger charge is -2.05. The average Bonchev–Trinajstić information content (AvgIpc) is 2.01. The summed E-state index contributed by atoms with van der Waals surface area (Å²) in [4.78, 5) is 10.1. The third-order valence-electron chi connectivity index (χ3n) is 1.68. The highest BCUT2D eigenvalue weighted by Gasteiger charge is 1.96. The van der Waals surface area contributed by atoms with Gasteiger partial charge in [-0.05, 0) is 26.3 Å². The first-order chi connectivity index (χ1) is 6.13. The van der Waals surface area contributed by atoms with Crippen molar-refractivity contribution in [2.24, 2.45) is 0 Å². The van der Waals surface area contributed by atoms with Gasteiger partial charge in [0.1, 0.15) is 0 Å². The molecule has 4 heteroatoms. The summed E-state index contributed by atoms with van der Waals surface area (Å²) >= 11 is 0. The number of hydrogen-bond acceptors (Lipinski definition) is 3. The van der Waals surface area contributed by atoms with E-state index in [0.717, 1.165) is 25.8 Å². The number of aliphatic carboxylic acids is 1. The first-order valence-electron chi connectivity index (χ1n) is 4.73. The molecule has 4 nitrogen and oxygen atoms in total. The quantitative estimate of drug-likeness (QED) is 0.489. The van der Waals surface area contributed by atoms with Gasteiger partial charge in [0.25, 0.3) is 0 Å². The molecule has 0 amide bonds. The third kappa shape index (κ3) is 11.4. The normalized spacial score (nSPS) is 12.8. The van der Waals surface area contributed by atoms with Crippen molar-refractivity contribution in [1.29, 1.82) is 0 Å². The molecular weight excluding hydrogens is 170 g/mol. The first kappa shape index (κ1) is 12.4. The van der Waals surface area contributed by atoms with Crippen LogP contribution in [0.5, 0.6) is 0 Å². The van der Waals surface area contributed by atoms with Gasteiger partial charge >= 0.3 is 5.97 Å². The Hall–Kier alpha value is -0.610. The maximum atomic E-state index is 10.1. The molecule has 0 aliphatic carbocycles. The van der Waals surface area contributed by atoms with Crippen molar-refractivity contribution < 1.29 is 15.0 Å². The summed E-state index contributed by atoms with van der Waals surface area (Å²) < 4.78 is 0. The zero-order valence-electron chi connectivity index (χ0n) is 8.12. The highest BCUT2D eigenvalue weighted by Crippen LogP contribution is 1.98. The molecule has 0 radical (unpaired) electrons. The van der Waals surface area contributed by atoms with Crippen molar-refractivity contribution in [3.63, 3.8) is 0 Å². The van der Waals surface area contributed by atoms with E-state index in [1.807, 2.05) is 0 Å². The standard InChI is InChI=1S/C9H19NO3/c1-8(11)7-10-6-4-2-3-5-9(12)13/h8,10-11H,2-7H2,1H3,(H,12,13). The van der Waals surface area contributed by atoms with E-state index in [1.54, 1.807) is 6.92 Å². The monoisotopic (exact) mass is 189 g/mol. The summed E-state index contributed by atoms with van der Waals surface area (Å²) in [5.74, 6) is -0.725. The zero-order valence-corrected chi connectivity index (χ0v) is 8.12. The topological polar surface area (TPSA) is 69.6 Å². The molecule has 0 aromatic heterocycles. The summed E-state index contributed by atoms with van der Waals surface area (Å²) in [5.41, 5.74) is 0. The molecule has 0 saturated carbocycles. The second kappa shape index (κ2) is 8.01. The van der Waals surface area contributed by atoms with E-state index in [2.05, 4.69) is 5.32 Å². The van der Waals surface area contributed by atoms with Crippen LogP contribution in [0, 0.1) is 0 Å². The van der Waals surface area contributed by atoms with Gasteiger partial charge in [-0.15, -0.1) is 0 Å². The molecule has 0 bridgehead atoms. The van der Waals surface area contributed by atoms with Crippen LogP contribution in [0.4, 0.5) is 0 Å². The molecule has 0 aromatic rings. The Morgan fingerprint density at radius 1 is 1.38 bits per heavy atom. The van der Waals surface area contributed by atoms with Crippen LogP contribution >= 0.6 is 0 Å². The van der Waals surface area contributed by atoms with Crippen molar-refractivity contribution in [2.45, 2.75) is 38.7 Å². The minimum absolute atomic E-state index is 0.260. The fraction of sp³-hybridized carbons (Fsp3) is 0.889. The Morgan fingerprint density at radius 3 is 2.62 bits per heavy atom. The molecule has 13 heavy (non-hydrogen) atoms. The number of aliphatic hydroxyl groups is 1. The van der Waals surface area contributed by atoms with E-state index in [-0.39, 0.29) is 12.5 Å². The maximum Gasteiger partial charge on any atom is 0.303 e. The van der Waals surface area contributed by atoms with Crippen LogP contribution < -0.4 is 5.32 Å². The smallest absolute Gasteiger partial charge is 0.303 e. The molecule has 78 valence electrons. The predicted molar refractivity (Wildman–Crippen MR) is 50.7 cm³/mol. The number of aliphatic hydroxyl groups excluding tert-OH is 1. The van der Waals surface area contributed by atoms with Gasteiger partial charge in [-0.2, -0.15) is 0 Å². The molecule has 0 spiro atoms. The van der Waals surface area contributed by atoms with Crippen LogP contribution in [-0.2, 0) is 4.79 Å². The number of carboxylic acid groups (broad SMARTS) is 1. The number of nitrogens with one attached hydrogen (secondary N) is 1. The molecule has 0 rings (SSSR count). The highest BCUT2D eigenvalue weighted by atomic mass is 16.4. The Balaban J connectivity index is 2.96. The van der Waals surface area contributed by atoms with Crippen LogP contribution in [0.25, 0.3) is 0 Å². The summed E-state index contributed by atoms with van der Waals surface area (Å²) in [7, 11) is 0. The molecule has 0 fully saturated rings. The molecule has 0 aliphatic rings. The lowest BCUT2D eigenvalue weighted by Crippen LogP contribution is -2.25. The van der Waals surface area contributed by atoms with Gasteiger partial charge in [0, 0.05) is 13.0 Å². The van der Waals surface area contributed by atoms with Gasteiger partial charge in [-0.25, -0.2) is 0 Å². The molecule has 3 N–H and O–H groups in total. The summed E-state index contributed by atoms with van der Waals surface area (Å²) in [6.45, 7) is 3.20. The fourth-order valence-corrected chi connectivity index (χ4v) is 1.01. The molecule has 0 saturated heterocycles. The Labute approximate surface area is 79.0 Å². The van der Waals surface area contributed by atoms with Crippen LogP contribution in [0.15, 0.2) is 0 Å². The van der Waals surface area contributed by atoms with Gasteiger partial charge in [0.2, 0.25) is 0 Å². The molecule has 0 aromatic carbocycles. The second-order valence-electron chi connectivity index (χ2n) is 3.26.